The standard InChI is InChI=1S/C33H38N2O4.ClH/c1-4-37-30-15-10-25(11-16-30)26-12-17-31-28(21-26)22-27(18-20-38-31)33(36)34-29-13-8-24(9-14-29)23-35(2,3)32-7-5-6-19-39-32;/h8-17,21-22,32H,4-7,18-20,23H2,1-3H3;1H. The van der Waals surface area contributed by atoms with Crippen molar-refractivity contribution in [3.8, 4) is 22.6 Å². The normalized spacial score (nSPS) is 16.9. The van der Waals surface area contributed by atoms with Crippen LogP contribution >= 0.6 is 0 Å². The van der Waals surface area contributed by atoms with Crippen LogP contribution in [-0.2, 0) is 16.1 Å². The number of rotatable bonds is 8. The van der Waals surface area contributed by atoms with E-state index in [1.807, 2.05) is 55.5 Å². The van der Waals surface area contributed by atoms with Crippen molar-refractivity contribution >= 4 is 17.7 Å². The molecule has 212 valence electrons. The van der Waals surface area contributed by atoms with Gasteiger partial charge in [0.1, 0.15) is 18.0 Å². The monoisotopic (exact) mass is 562 g/mol. The fourth-order valence-corrected chi connectivity index (χ4v) is 5.34. The summed E-state index contributed by atoms with van der Waals surface area (Å²) in [6.07, 6.45) is 6.22. The first-order chi connectivity index (χ1) is 18.9. The average molecular weight is 563 g/mol. The molecule has 3 aromatic carbocycles. The lowest BCUT2D eigenvalue weighted by Gasteiger charge is -2.39. The van der Waals surface area contributed by atoms with E-state index in [1.165, 1.54) is 12.0 Å². The molecule has 1 amide bonds. The third-order valence-corrected chi connectivity index (χ3v) is 7.50. The number of carbonyl (C=O) groups excluding carboxylic acids is 1. The van der Waals surface area contributed by atoms with Crippen LogP contribution in [0.2, 0.25) is 0 Å². The highest BCUT2D eigenvalue weighted by Gasteiger charge is 2.31. The maximum atomic E-state index is 13.2. The van der Waals surface area contributed by atoms with Crippen LogP contribution in [0.15, 0.2) is 72.3 Å². The summed E-state index contributed by atoms with van der Waals surface area (Å²) < 4.78 is 18.4. The fourth-order valence-electron chi connectivity index (χ4n) is 5.34. The van der Waals surface area contributed by atoms with E-state index in [2.05, 4.69) is 43.7 Å². The van der Waals surface area contributed by atoms with Gasteiger partial charge in [0.15, 0.2) is 6.23 Å². The van der Waals surface area contributed by atoms with Gasteiger partial charge >= 0.3 is 0 Å². The minimum Gasteiger partial charge on any atom is -1.00 e. The molecule has 0 saturated carbocycles. The number of anilines is 1. The van der Waals surface area contributed by atoms with E-state index in [-0.39, 0.29) is 24.5 Å². The Labute approximate surface area is 243 Å². The summed E-state index contributed by atoms with van der Waals surface area (Å²) in [5, 5.41) is 3.08. The first kappa shape index (κ1) is 29.7. The fraction of sp³-hybridized carbons (Fsp3) is 0.364. The molecule has 1 N–H and O–H groups in total. The number of benzene rings is 3. The van der Waals surface area contributed by atoms with Crippen molar-refractivity contribution in [3.05, 3.63) is 83.4 Å². The molecule has 1 atom stereocenters. The molecule has 0 aromatic heterocycles. The number of amides is 1. The smallest absolute Gasteiger partial charge is 0.251 e. The molecule has 6 nitrogen and oxygen atoms in total. The summed E-state index contributed by atoms with van der Waals surface area (Å²) in [7, 11) is 4.46. The molecule has 0 spiro atoms. The molecule has 0 aliphatic carbocycles. The maximum Gasteiger partial charge on any atom is 0.251 e. The Kier molecular flexibility index (Phi) is 9.90. The zero-order chi connectivity index (χ0) is 27.2. The van der Waals surface area contributed by atoms with Crippen LogP contribution in [0.5, 0.6) is 11.5 Å². The zero-order valence-electron chi connectivity index (χ0n) is 23.6. The van der Waals surface area contributed by atoms with Gasteiger partial charge in [0, 0.05) is 35.2 Å². The number of fused-ring (bicyclic) bond motifs is 1. The number of hydrogen-bond acceptors (Lipinski definition) is 4. The van der Waals surface area contributed by atoms with E-state index >= 15 is 0 Å². The average Bonchev–Trinajstić information content (AvgIpc) is 3.17. The molecule has 2 heterocycles. The number of halogens is 1. The number of nitrogens with one attached hydrogen (secondary N) is 1. The minimum atomic E-state index is -0.0996. The van der Waals surface area contributed by atoms with Gasteiger partial charge in [-0.15, -0.1) is 0 Å². The van der Waals surface area contributed by atoms with Gasteiger partial charge in [0.25, 0.3) is 5.91 Å². The summed E-state index contributed by atoms with van der Waals surface area (Å²) >= 11 is 0. The predicted molar refractivity (Wildman–Crippen MR) is 156 cm³/mol. The Morgan fingerprint density at radius 3 is 2.42 bits per heavy atom. The van der Waals surface area contributed by atoms with Crippen molar-refractivity contribution in [2.45, 2.75) is 45.4 Å². The molecule has 1 unspecified atom stereocenters. The van der Waals surface area contributed by atoms with Crippen molar-refractivity contribution in [2.75, 3.05) is 39.2 Å². The first-order valence-corrected chi connectivity index (χ1v) is 14.0. The molecule has 3 aromatic rings. The number of nitrogens with zero attached hydrogens (tertiary/aromatic N) is 1. The molecule has 2 aliphatic heterocycles. The number of quaternary nitrogens is 1. The molecule has 5 rings (SSSR count). The Hall–Kier alpha value is -3.32. The molecule has 1 fully saturated rings. The molecule has 2 aliphatic rings. The topological polar surface area (TPSA) is 56.8 Å². The molecular formula is C33H39ClN2O4. The highest BCUT2D eigenvalue weighted by Crippen LogP contribution is 2.32. The number of carbonyl (C=O) groups is 1. The third kappa shape index (κ3) is 7.25. The predicted octanol–water partition coefficient (Wildman–Crippen LogP) is 3.66. The second-order valence-electron chi connectivity index (χ2n) is 10.9. The van der Waals surface area contributed by atoms with Gasteiger partial charge in [-0.05, 0) is 73.4 Å². The SMILES string of the molecule is CCOc1ccc(-c2ccc3c(c2)C=C(C(=O)Nc2ccc(C[N+](C)(C)C4CCCCO4)cc2)CCO3)cc1.[Cl-]. The van der Waals surface area contributed by atoms with Crippen molar-refractivity contribution < 1.29 is 35.9 Å². The molecule has 40 heavy (non-hydrogen) atoms. The molecular weight excluding hydrogens is 524 g/mol. The second-order valence-corrected chi connectivity index (χ2v) is 10.9. The van der Waals surface area contributed by atoms with E-state index in [9.17, 15) is 4.79 Å². The van der Waals surface area contributed by atoms with E-state index in [1.54, 1.807) is 0 Å². The van der Waals surface area contributed by atoms with Gasteiger partial charge in [0.05, 0.1) is 33.9 Å². The van der Waals surface area contributed by atoms with Crippen molar-refractivity contribution in [1.29, 1.82) is 0 Å². The lowest BCUT2D eigenvalue weighted by Crippen LogP contribution is -3.00. The minimum absolute atomic E-state index is 0. The van der Waals surface area contributed by atoms with Crippen LogP contribution in [-0.4, -0.2) is 50.5 Å². The van der Waals surface area contributed by atoms with Gasteiger partial charge in [0.2, 0.25) is 0 Å². The Morgan fingerprint density at radius 2 is 1.73 bits per heavy atom. The quantitative estimate of drug-likeness (QED) is 0.426. The van der Waals surface area contributed by atoms with Gasteiger partial charge in [-0.1, -0.05) is 30.3 Å². The van der Waals surface area contributed by atoms with Gasteiger partial charge < -0.3 is 31.9 Å². The summed E-state index contributed by atoms with van der Waals surface area (Å²) in [5.74, 6) is 1.55. The summed E-state index contributed by atoms with van der Waals surface area (Å²) in [4.78, 5) is 13.2. The van der Waals surface area contributed by atoms with Crippen LogP contribution in [0.1, 0.15) is 43.7 Å². The van der Waals surface area contributed by atoms with Crippen molar-refractivity contribution in [2.24, 2.45) is 0 Å². The van der Waals surface area contributed by atoms with Gasteiger partial charge in [-0.2, -0.15) is 0 Å². The van der Waals surface area contributed by atoms with Crippen LogP contribution in [0.3, 0.4) is 0 Å². The van der Waals surface area contributed by atoms with Crippen LogP contribution in [0, 0.1) is 0 Å². The van der Waals surface area contributed by atoms with E-state index in [0.717, 1.165) is 64.4 Å². The number of hydrogen-bond donors (Lipinski definition) is 1. The molecule has 1 saturated heterocycles. The van der Waals surface area contributed by atoms with E-state index in [4.69, 9.17) is 14.2 Å². The molecule has 0 bridgehead atoms. The maximum absolute atomic E-state index is 13.2. The Morgan fingerprint density at radius 1 is 0.975 bits per heavy atom. The lowest BCUT2D eigenvalue weighted by atomic mass is 10.0. The zero-order valence-corrected chi connectivity index (χ0v) is 24.4. The van der Waals surface area contributed by atoms with Gasteiger partial charge in [-0.3, -0.25) is 9.28 Å². The van der Waals surface area contributed by atoms with Crippen molar-refractivity contribution in [1.82, 2.24) is 0 Å². The Bertz CT molecular complexity index is 1310. The van der Waals surface area contributed by atoms with Crippen LogP contribution < -0.4 is 27.2 Å². The largest absolute Gasteiger partial charge is 1.00 e. The third-order valence-electron chi connectivity index (χ3n) is 7.50. The second kappa shape index (κ2) is 13.4. The summed E-state index contributed by atoms with van der Waals surface area (Å²) in [6, 6.07) is 22.3. The van der Waals surface area contributed by atoms with Crippen LogP contribution in [0.4, 0.5) is 5.69 Å². The highest BCUT2D eigenvalue weighted by molar-refractivity contribution is 6.07. The van der Waals surface area contributed by atoms with Crippen LogP contribution in [0.25, 0.3) is 17.2 Å². The first-order valence-electron chi connectivity index (χ1n) is 14.0. The van der Waals surface area contributed by atoms with Crippen molar-refractivity contribution in [3.63, 3.8) is 0 Å². The molecule has 0 radical (unpaired) electrons. The lowest BCUT2D eigenvalue weighted by molar-refractivity contribution is -0.951. The van der Waals surface area contributed by atoms with Gasteiger partial charge in [-0.25, -0.2) is 0 Å². The van der Waals surface area contributed by atoms with E-state index in [0.29, 0.717) is 25.2 Å². The highest BCUT2D eigenvalue weighted by atomic mass is 35.5. The Balaban J connectivity index is 0.00000370. The summed E-state index contributed by atoms with van der Waals surface area (Å²) in [6.45, 7) is 4.82. The number of ether oxygens (including phenoxy) is 3. The van der Waals surface area contributed by atoms with E-state index < -0.39 is 0 Å². The summed E-state index contributed by atoms with van der Waals surface area (Å²) in [5.41, 5.74) is 5.77. The molecule has 7 heteroatoms.